The van der Waals surface area contributed by atoms with E-state index in [0.29, 0.717) is 23.8 Å². The lowest BCUT2D eigenvalue weighted by Gasteiger charge is -2.16. The Balaban J connectivity index is 0.000000612. The first-order valence-electron chi connectivity index (χ1n) is 8.53. The van der Waals surface area contributed by atoms with Gasteiger partial charge in [0, 0.05) is 17.1 Å². The summed E-state index contributed by atoms with van der Waals surface area (Å²) in [5.41, 5.74) is 2.28. The fourth-order valence-electron chi connectivity index (χ4n) is 2.41. The zero-order chi connectivity index (χ0) is 21.8. The Hall–Kier alpha value is -2.97. The Morgan fingerprint density at radius 2 is 1.48 bits per heavy atom. The third kappa shape index (κ3) is 7.89. The summed E-state index contributed by atoms with van der Waals surface area (Å²) in [4.78, 5) is 18.2. The summed E-state index contributed by atoms with van der Waals surface area (Å²) in [5.74, 6) is -1.67. The number of rotatable bonds is 8. The molecule has 0 aromatic heterocycles. The summed E-state index contributed by atoms with van der Waals surface area (Å²) in [6, 6.07) is 11.8. The Bertz CT molecular complexity index is 797. The average Bonchev–Trinajstić information content (AvgIpc) is 2.72. The van der Waals surface area contributed by atoms with Crippen LogP contribution in [0.4, 0.5) is 0 Å². The van der Waals surface area contributed by atoms with Crippen molar-refractivity contribution in [2.75, 3.05) is 27.9 Å². The molecule has 0 unspecified atom stereocenters. The molecule has 2 rings (SSSR count). The van der Waals surface area contributed by atoms with Gasteiger partial charge in [0.1, 0.15) is 0 Å². The van der Waals surface area contributed by atoms with Crippen LogP contribution in [0, 0.1) is 0 Å². The topological polar surface area (TPSA) is 114 Å². The number of benzene rings is 2. The second kappa shape index (κ2) is 12.5. The van der Waals surface area contributed by atoms with Crippen molar-refractivity contribution >= 4 is 23.5 Å². The van der Waals surface area contributed by atoms with E-state index in [2.05, 4.69) is 5.32 Å². The van der Waals surface area contributed by atoms with Crippen molar-refractivity contribution in [2.24, 2.45) is 0 Å². The lowest BCUT2D eigenvalue weighted by Crippen LogP contribution is -2.17. The third-order valence-electron chi connectivity index (χ3n) is 3.79. The molecule has 0 bridgehead atoms. The lowest BCUT2D eigenvalue weighted by molar-refractivity contribution is -0.159. The van der Waals surface area contributed by atoms with E-state index >= 15 is 0 Å². The van der Waals surface area contributed by atoms with E-state index in [-0.39, 0.29) is 0 Å². The summed E-state index contributed by atoms with van der Waals surface area (Å²) in [5, 5.41) is 19.0. The minimum Gasteiger partial charge on any atom is -0.493 e. The van der Waals surface area contributed by atoms with Crippen molar-refractivity contribution in [3.8, 4) is 17.2 Å². The Morgan fingerprint density at radius 3 is 1.97 bits per heavy atom. The van der Waals surface area contributed by atoms with Crippen LogP contribution in [0.25, 0.3) is 0 Å². The number of aliphatic carboxylic acids is 2. The molecule has 0 fully saturated rings. The molecule has 0 radical (unpaired) electrons. The van der Waals surface area contributed by atoms with Gasteiger partial charge in [0.25, 0.3) is 0 Å². The van der Waals surface area contributed by atoms with Crippen molar-refractivity contribution in [1.82, 2.24) is 5.32 Å². The van der Waals surface area contributed by atoms with E-state index in [9.17, 15) is 0 Å². The molecular formula is C20H24ClNO7. The fourth-order valence-corrected chi connectivity index (χ4v) is 2.54. The van der Waals surface area contributed by atoms with Crippen LogP contribution in [0.1, 0.15) is 11.1 Å². The number of methoxy groups -OCH3 is 3. The van der Waals surface area contributed by atoms with E-state index in [1.807, 2.05) is 36.4 Å². The molecule has 3 N–H and O–H groups in total. The minimum absolute atomic E-state index is 0.618. The van der Waals surface area contributed by atoms with Gasteiger partial charge in [0.15, 0.2) is 11.5 Å². The summed E-state index contributed by atoms with van der Waals surface area (Å²) in [7, 11) is 4.86. The van der Waals surface area contributed by atoms with Crippen LogP contribution in [0.3, 0.4) is 0 Å². The smallest absolute Gasteiger partial charge is 0.414 e. The highest BCUT2D eigenvalue weighted by Crippen LogP contribution is 2.39. The van der Waals surface area contributed by atoms with E-state index in [1.165, 1.54) is 5.56 Å². The number of carboxylic acids is 2. The maximum atomic E-state index is 9.10. The number of ether oxygens (including phenoxy) is 3. The molecule has 0 spiro atoms. The molecular weight excluding hydrogens is 402 g/mol. The van der Waals surface area contributed by atoms with Gasteiger partial charge in [-0.05, 0) is 36.7 Å². The predicted octanol–water partition coefficient (Wildman–Crippen LogP) is 2.85. The molecule has 0 atom stereocenters. The quantitative estimate of drug-likeness (QED) is 0.437. The average molecular weight is 426 g/mol. The highest BCUT2D eigenvalue weighted by Gasteiger charge is 2.15. The third-order valence-corrected chi connectivity index (χ3v) is 4.04. The first-order valence-corrected chi connectivity index (χ1v) is 8.91. The highest BCUT2D eigenvalue weighted by atomic mass is 35.5. The van der Waals surface area contributed by atoms with Gasteiger partial charge in [-0.25, -0.2) is 9.59 Å². The number of carboxylic acid groups (broad SMARTS) is 2. The second-order valence-corrected chi connectivity index (χ2v) is 6.09. The van der Waals surface area contributed by atoms with Gasteiger partial charge >= 0.3 is 11.9 Å². The van der Waals surface area contributed by atoms with Gasteiger partial charge < -0.3 is 29.7 Å². The molecule has 158 valence electrons. The Labute approximate surface area is 174 Å². The van der Waals surface area contributed by atoms with Crippen LogP contribution < -0.4 is 19.5 Å². The fraction of sp³-hybridized carbons (Fsp3) is 0.300. The van der Waals surface area contributed by atoms with Gasteiger partial charge in [-0.15, -0.1) is 0 Å². The number of hydrogen-bond donors (Lipinski definition) is 3. The predicted molar refractivity (Wildman–Crippen MR) is 108 cm³/mol. The van der Waals surface area contributed by atoms with Crippen molar-refractivity contribution in [3.05, 3.63) is 52.5 Å². The molecule has 0 aliphatic carbocycles. The van der Waals surface area contributed by atoms with Gasteiger partial charge in [-0.3, -0.25) is 0 Å². The molecule has 9 heteroatoms. The summed E-state index contributed by atoms with van der Waals surface area (Å²) in [6.45, 7) is 1.55. The zero-order valence-electron chi connectivity index (χ0n) is 16.4. The van der Waals surface area contributed by atoms with Crippen LogP contribution in [0.15, 0.2) is 36.4 Å². The van der Waals surface area contributed by atoms with Crippen LogP contribution >= 0.6 is 11.6 Å². The summed E-state index contributed by atoms with van der Waals surface area (Å²) >= 11 is 5.89. The second-order valence-electron chi connectivity index (χ2n) is 5.66. The molecule has 2 aromatic carbocycles. The number of carbonyl (C=O) groups is 2. The summed E-state index contributed by atoms with van der Waals surface area (Å²) < 4.78 is 16.2. The van der Waals surface area contributed by atoms with Crippen LogP contribution in [-0.4, -0.2) is 50.0 Å². The first kappa shape index (κ1) is 24.1. The molecule has 8 nitrogen and oxygen atoms in total. The van der Waals surface area contributed by atoms with Crippen molar-refractivity contribution in [1.29, 1.82) is 0 Å². The standard InChI is InChI=1S/C18H22ClNO3.C2H2O4/c1-21-16-9-6-14(17(22-2)18(16)23-3)12-20-11-10-13-4-7-15(19)8-5-13;3-1(4)2(5)6/h4-9,20H,10-12H2,1-3H3;(H,3,4)(H,5,6). The van der Waals surface area contributed by atoms with Crippen molar-refractivity contribution in [2.45, 2.75) is 13.0 Å². The molecule has 0 saturated carbocycles. The van der Waals surface area contributed by atoms with E-state index in [4.69, 9.17) is 45.6 Å². The highest BCUT2D eigenvalue weighted by molar-refractivity contribution is 6.30. The molecule has 0 aliphatic heterocycles. The van der Waals surface area contributed by atoms with E-state index in [1.54, 1.807) is 21.3 Å². The molecule has 0 amide bonds. The maximum absolute atomic E-state index is 9.10. The zero-order valence-corrected chi connectivity index (χ0v) is 17.2. The molecule has 0 aliphatic rings. The van der Waals surface area contributed by atoms with Crippen LogP contribution in [-0.2, 0) is 22.6 Å². The van der Waals surface area contributed by atoms with Crippen molar-refractivity contribution < 1.29 is 34.0 Å². The van der Waals surface area contributed by atoms with Crippen molar-refractivity contribution in [3.63, 3.8) is 0 Å². The largest absolute Gasteiger partial charge is 0.493 e. The van der Waals surface area contributed by atoms with Gasteiger partial charge in [-0.2, -0.15) is 0 Å². The Kier molecular flexibility index (Phi) is 10.4. The molecule has 29 heavy (non-hydrogen) atoms. The van der Waals surface area contributed by atoms with E-state index < -0.39 is 11.9 Å². The SMILES string of the molecule is COc1ccc(CNCCc2ccc(Cl)cc2)c(OC)c1OC.O=C(O)C(=O)O. The number of hydrogen-bond acceptors (Lipinski definition) is 6. The molecule has 0 saturated heterocycles. The summed E-state index contributed by atoms with van der Waals surface area (Å²) in [6.07, 6.45) is 0.937. The van der Waals surface area contributed by atoms with Gasteiger partial charge in [0.2, 0.25) is 5.75 Å². The van der Waals surface area contributed by atoms with Crippen LogP contribution in [0.5, 0.6) is 17.2 Å². The van der Waals surface area contributed by atoms with Crippen LogP contribution in [0.2, 0.25) is 5.02 Å². The molecule has 2 aromatic rings. The Morgan fingerprint density at radius 1 is 0.897 bits per heavy atom. The monoisotopic (exact) mass is 425 g/mol. The number of nitrogens with one attached hydrogen (secondary N) is 1. The van der Waals surface area contributed by atoms with E-state index in [0.717, 1.165) is 23.6 Å². The molecule has 0 heterocycles. The minimum atomic E-state index is -1.82. The normalized spacial score (nSPS) is 9.79. The van der Waals surface area contributed by atoms with Gasteiger partial charge in [-0.1, -0.05) is 29.8 Å². The lowest BCUT2D eigenvalue weighted by atomic mass is 10.1. The van der Waals surface area contributed by atoms with Gasteiger partial charge in [0.05, 0.1) is 21.3 Å². The maximum Gasteiger partial charge on any atom is 0.414 e. The first-order chi connectivity index (χ1) is 13.8. The number of halogens is 1.